The number of rotatable bonds is 2. The van der Waals surface area contributed by atoms with Crippen LogP contribution in [0.1, 0.15) is 35.4 Å². The summed E-state index contributed by atoms with van der Waals surface area (Å²) in [6.45, 7) is 7.30. The van der Waals surface area contributed by atoms with Gasteiger partial charge < -0.3 is 4.74 Å². The number of aryl methyl sites for hydroxylation is 2. The Balaban J connectivity index is 2.25. The molecule has 1 aliphatic heterocycles. The molecule has 0 amide bonds. The maximum atomic E-state index is 13.6. The average Bonchev–Trinajstić information content (AvgIpc) is 2.35. The second-order valence-corrected chi connectivity index (χ2v) is 5.85. The minimum atomic E-state index is -0.123. The van der Waals surface area contributed by atoms with Crippen molar-refractivity contribution in [1.29, 1.82) is 0 Å². The zero-order valence-electron chi connectivity index (χ0n) is 11.2. The average molecular weight is 271 g/mol. The minimum Gasteiger partial charge on any atom is -0.381 e. The van der Waals surface area contributed by atoms with E-state index in [-0.39, 0.29) is 11.2 Å². The second-order valence-electron chi connectivity index (χ2n) is 5.38. The van der Waals surface area contributed by atoms with Crippen molar-refractivity contribution in [3.05, 3.63) is 34.6 Å². The highest BCUT2D eigenvalue weighted by Gasteiger charge is 2.29. The van der Waals surface area contributed by atoms with E-state index >= 15 is 0 Å². The number of benzene rings is 1. The van der Waals surface area contributed by atoms with Gasteiger partial charge in [-0.3, -0.25) is 0 Å². The van der Waals surface area contributed by atoms with Crippen LogP contribution < -0.4 is 0 Å². The van der Waals surface area contributed by atoms with Crippen LogP contribution in [0.15, 0.2) is 12.1 Å². The lowest BCUT2D eigenvalue weighted by molar-refractivity contribution is 0.0228. The van der Waals surface area contributed by atoms with Crippen LogP contribution in [-0.4, -0.2) is 13.2 Å². The maximum absolute atomic E-state index is 13.6. The fraction of sp³-hybridized carbons (Fsp3) is 0.600. The molecule has 0 bridgehead atoms. The standard InChI is InChI=1S/C15H20ClFO/c1-9-6-12(7-10(2)15(9)17)14(16)13-4-5-18-8-11(13)3/h6-7,11,13-14H,4-5,8H2,1-3H3. The van der Waals surface area contributed by atoms with Crippen LogP contribution >= 0.6 is 11.6 Å². The van der Waals surface area contributed by atoms with Gasteiger partial charge >= 0.3 is 0 Å². The van der Waals surface area contributed by atoms with Crippen LogP contribution in [0.25, 0.3) is 0 Å². The fourth-order valence-electron chi connectivity index (χ4n) is 2.72. The van der Waals surface area contributed by atoms with Crippen molar-refractivity contribution in [3.8, 4) is 0 Å². The van der Waals surface area contributed by atoms with Gasteiger partial charge in [-0.1, -0.05) is 19.1 Å². The quantitative estimate of drug-likeness (QED) is 0.724. The first-order valence-electron chi connectivity index (χ1n) is 6.49. The molecule has 1 aromatic rings. The van der Waals surface area contributed by atoms with Crippen LogP contribution in [0.5, 0.6) is 0 Å². The van der Waals surface area contributed by atoms with Crippen LogP contribution in [0.3, 0.4) is 0 Å². The molecule has 0 radical (unpaired) electrons. The van der Waals surface area contributed by atoms with Crippen molar-refractivity contribution in [2.45, 2.75) is 32.6 Å². The van der Waals surface area contributed by atoms with E-state index in [1.807, 2.05) is 12.1 Å². The first kappa shape index (κ1) is 13.8. The van der Waals surface area contributed by atoms with Gasteiger partial charge in [-0.2, -0.15) is 0 Å². The van der Waals surface area contributed by atoms with Gasteiger partial charge in [-0.25, -0.2) is 4.39 Å². The third-order valence-corrected chi connectivity index (χ3v) is 4.44. The van der Waals surface area contributed by atoms with Crippen molar-refractivity contribution in [2.24, 2.45) is 11.8 Å². The smallest absolute Gasteiger partial charge is 0.129 e. The number of halogens is 2. The highest BCUT2D eigenvalue weighted by atomic mass is 35.5. The second kappa shape index (κ2) is 5.58. The van der Waals surface area contributed by atoms with Gasteiger partial charge in [0.05, 0.1) is 5.38 Å². The first-order chi connectivity index (χ1) is 8.50. The Morgan fingerprint density at radius 1 is 1.33 bits per heavy atom. The summed E-state index contributed by atoms with van der Waals surface area (Å²) >= 11 is 6.60. The van der Waals surface area contributed by atoms with Gasteiger partial charge in [0.15, 0.2) is 0 Å². The Bertz CT molecular complexity index is 409. The third kappa shape index (κ3) is 2.70. The van der Waals surface area contributed by atoms with Crippen molar-refractivity contribution >= 4 is 11.6 Å². The van der Waals surface area contributed by atoms with E-state index in [1.165, 1.54) is 0 Å². The summed E-state index contributed by atoms with van der Waals surface area (Å²) in [5.74, 6) is 0.735. The normalized spacial score (nSPS) is 26.1. The van der Waals surface area contributed by atoms with Gasteiger partial charge in [0.1, 0.15) is 5.82 Å². The molecule has 3 unspecified atom stereocenters. The molecule has 0 aromatic heterocycles. The summed E-state index contributed by atoms with van der Waals surface area (Å²) in [5, 5.41) is -0.0538. The monoisotopic (exact) mass is 270 g/mol. The van der Waals surface area contributed by atoms with Gasteiger partial charge in [0, 0.05) is 13.2 Å². The number of ether oxygens (including phenoxy) is 1. The van der Waals surface area contributed by atoms with Crippen LogP contribution in [0.2, 0.25) is 0 Å². The Morgan fingerprint density at radius 2 is 1.94 bits per heavy atom. The molecule has 1 aromatic carbocycles. The molecule has 3 heteroatoms. The topological polar surface area (TPSA) is 9.23 Å². The van der Waals surface area contributed by atoms with E-state index in [1.54, 1.807) is 13.8 Å². The van der Waals surface area contributed by atoms with Crippen LogP contribution in [-0.2, 0) is 4.74 Å². The summed E-state index contributed by atoms with van der Waals surface area (Å²) in [4.78, 5) is 0. The van der Waals surface area contributed by atoms with Crippen molar-refractivity contribution < 1.29 is 9.13 Å². The summed E-state index contributed by atoms with van der Waals surface area (Å²) in [6.07, 6.45) is 0.977. The molecule has 3 atom stereocenters. The summed E-state index contributed by atoms with van der Waals surface area (Å²) in [6, 6.07) is 3.75. The highest BCUT2D eigenvalue weighted by Crippen LogP contribution is 2.39. The zero-order valence-corrected chi connectivity index (χ0v) is 11.9. The molecule has 1 saturated heterocycles. The number of hydrogen-bond donors (Lipinski definition) is 0. The fourth-order valence-corrected chi connectivity index (χ4v) is 3.22. The minimum absolute atomic E-state index is 0.0538. The molecule has 1 aliphatic rings. The van der Waals surface area contributed by atoms with Crippen molar-refractivity contribution in [1.82, 2.24) is 0 Å². The third-order valence-electron chi connectivity index (χ3n) is 3.86. The number of alkyl halides is 1. The van der Waals surface area contributed by atoms with E-state index < -0.39 is 0 Å². The Labute approximate surface area is 113 Å². The predicted octanol–water partition coefficient (Wildman–Crippen LogP) is 4.40. The van der Waals surface area contributed by atoms with Gasteiger partial charge in [-0.05, 0) is 48.8 Å². The van der Waals surface area contributed by atoms with E-state index in [4.69, 9.17) is 16.3 Å². The molecule has 0 spiro atoms. The lowest BCUT2D eigenvalue weighted by Crippen LogP contribution is -2.28. The van der Waals surface area contributed by atoms with Crippen LogP contribution in [0.4, 0.5) is 4.39 Å². The first-order valence-corrected chi connectivity index (χ1v) is 6.92. The molecule has 2 rings (SSSR count). The molecule has 100 valence electrons. The Kier molecular flexibility index (Phi) is 4.29. The maximum Gasteiger partial charge on any atom is 0.129 e. The van der Waals surface area contributed by atoms with Gasteiger partial charge in [-0.15, -0.1) is 11.6 Å². The molecule has 0 aliphatic carbocycles. The summed E-state index contributed by atoms with van der Waals surface area (Å²) < 4.78 is 19.1. The lowest BCUT2D eigenvalue weighted by Gasteiger charge is -2.32. The summed E-state index contributed by atoms with van der Waals surface area (Å²) in [5.41, 5.74) is 2.39. The molecule has 0 N–H and O–H groups in total. The molecule has 1 nitrogen and oxygen atoms in total. The summed E-state index contributed by atoms with van der Waals surface area (Å²) in [7, 11) is 0. The largest absolute Gasteiger partial charge is 0.381 e. The van der Waals surface area contributed by atoms with E-state index in [0.29, 0.717) is 23.0 Å². The Morgan fingerprint density at radius 3 is 2.50 bits per heavy atom. The lowest BCUT2D eigenvalue weighted by atomic mass is 9.83. The SMILES string of the molecule is Cc1cc(C(Cl)C2CCOCC2C)cc(C)c1F. The molecular formula is C15H20ClFO. The zero-order chi connectivity index (χ0) is 13.3. The highest BCUT2D eigenvalue weighted by molar-refractivity contribution is 6.21. The Hall–Kier alpha value is -0.600. The molecule has 1 heterocycles. The van der Waals surface area contributed by atoms with E-state index in [0.717, 1.165) is 25.2 Å². The molecule has 18 heavy (non-hydrogen) atoms. The van der Waals surface area contributed by atoms with Gasteiger partial charge in [0.2, 0.25) is 0 Å². The van der Waals surface area contributed by atoms with E-state index in [9.17, 15) is 4.39 Å². The molecule has 1 fully saturated rings. The molecule has 0 saturated carbocycles. The predicted molar refractivity (Wildman–Crippen MR) is 72.6 cm³/mol. The van der Waals surface area contributed by atoms with E-state index in [2.05, 4.69) is 6.92 Å². The van der Waals surface area contributed by atoms with Gasteiger partial charge in [0.25, 0.3) is 0 Å². The van der Waals surface area contributed by atoms with Crippen molar-refractivity contribution in [2.75, 3.05) is 13.2 Å². The molecular weight excluding hydrogens is 251 g/mol. The van der Waals surface area contributed by atoms with Crippen molar-refractivity contribution in [3.63, 3.8) is 0 Å². The van der Waals surface area contributed by atoms with Crippen LogP contribution in [0, 0.1) is 31.5 Å². The number of hydrogen-bond acceptors (Lipinski definition) is 1.